The molecule has 0 saturated heterocycles. The van der Waals surface area contributed by atoms with Crippen molar-refractivity contribution in [3.05, 3.63) is 24.0 Å². The van der Waals surface area contributed by atoms with Gasteiger partial charge in [-0.2, -0.15) is 0 Å². The summed E-state index contributed by atoms with van der Waals surface area (Å²) in [4.78, 5) is 6.60. The largest absolute Gasteiger partial charge is 0.390 e. The summed E-state index contributed by atoms with van der Waals surface area (Å²) in [6.45, 7) is -1.99. The highest BCUT2D eigenvalue weighted by Crippen LogP contribution is 2.17. The molecule has 0 fully saturated rings. The van der Waals surface area contributed by atoms with E-state index in [-0.39, 0.29) is 5.95 Å². The summed E-state index contributed by atoms with van der Waals surface area (Å²) in [5, 5.41) is 10.7. The first kappa shape index (κ1) is 11.7. The maximum absolute atomic E-state index is 12.9. The fourth-order valence-corrected chi connectivity index (χ4v) is 1.33. The molecule has 0 amide bonds. The van der Waals surface area contributed by atoms with Crippen LogP contribution in [0.15, 0.2) is 18.2 Å². The van der Waals surface area contributed by atoms with Crippen LogP contribution >= 0.6 is 0 Å². The minimum absolute atomic E-state index is 0.110. The quantitative estimate of drug-likeness (QED) is 0.769. The Balaban J connectivity index is 2.15. The van der Waals surface area contributed by atoms with Crippen molar-refractivity contribution in [2.75, 3.05) is 18.5 Å². The third kappa shape index (κ3) is 2.68. The molecule has 1 aromatic carbocycles. The predicted molar refractivity (Wildman–Crippen MR) is 56.6 cm³/mol. The van der Waals surface area contributed by atoms with Crippen molar-refractivity contribution < 1.29 is 18.3 Å². The van der Waals surface area contributed by atoms with Gasteiger partial charge in [-0.3, -0.25) is 0 Å². The number of hydrogen-bond acceptors (Lipinski definition) is 3. The number of nitrogens with zero attached hydrogens (tertiary/aromatic N) is 1. The lowest BCUT2D eigenvalue weighted by Gasteiger charge is -2.12. The van der Waals surface area contributed by atoms with E-state index < -0.39 is 24.9 Å². The van der Waals surface area contributed by atoms with Crippen molar-refractivity contribution >= 4 is 17.0 Å². The summed E-state index contributed by atoms with van der Waals surface area (Å²) in [6.07, 6.45) is 0. The predicted octanol–water partition coefficient (Wildman–Crippen LogP) is 1.74. The van der Waals surface area contributed by atoms with Crippen LogP contribution < -0.4 is 5.32 Å². The van der Waals surface area contributed by atoms with Gasteiger partial charge in [0.2, 0.25) is 5.95 Å². The third-order valence-corrected chi connectivity index (χ3v) is 2.19. The molecule has 4 nitrogen and oxygen atoms in total. The van der Waals surface area contributed by atoms with Gasteiger partial charge in [-0.15, -0.1) is 0 Å². The number of aromatic amines is 1. The van der Waals surface area contributed by atoms with Gasteiger partial charge in [0.05, 0.1) is 17.6 Å². The number of alkyl halides is 2. The Kier molecular flexibility index (Phi) is 2.93. The van der Waals surface area contributed by atoms with Gasteiger partial charge >= 0.3 is 0 Å². The lowest BCUT2D eigenvalue weighted by atomic mass is 10.3. The minimum Gasteiger partial charge on any atom is -0.390 e. The van der Waals surface area contributed by atoms with Crippen LogP contribution in [0.1, 0.15) is 0 Å². The second-order valence-corrected chi connectivity index (χ2v) is 3.61. The van der Waals surface area contributed by atoms with Crippen LogP contribution in [0, 0.1) is 5.82 Å². The number of aliphatic hydroxyl groups is 1. The lowest BCUT2D eigenvalue weighted by molar-refractivity contribution is -0.0373. The number of hydrogen-bond donors (Lipinski definition) is 3. The molecule has 2 rings (SSSR count). The molecule has 1 heterocycles. The zero-order valence-corrected chi connectivity index (χ0v) is 8.67. The number of benzene rings is 1. The van der Waals surface area contributed by atoms with Crippen LogP contribution in [-0.2, 0) is 0 Å². The first-order chi connectivity index (χ1) is 8.00. The van der Waals surface area contributed by atoms with Crippen LogP contribution in [0.2, 0.25) is 0 Å². The Morgan fingerprint density at radius 2 is 2.18 bits per heavy atom. The van der Waals surface area contributed by atoms with E-state index in [1.54, 1.807) is 0 Å². The molecule has 0 unspecified atom stereocenters. The van der Waals surface area contributed by atoms with Crippen molar-refractivity contribution in [2.24, 2.45) is 0 Å². The summed E-state index contributed by atoms with van der Waals surface area (Å²) < 4.78 is 38.3. The molecule has 0 saturated carbocycles. The summed E-state index contributed by atoms with van der Waals surface area (Å²) in [6, 6.07) is 3.89. The third-order valence-electron chi connectivity index (χ3n) is 2.19. The van der Waals surface area contributed by atoms with Gasteiger partial charge in [0.1, 0.15) is 12.4 Å². The van der Waals surface area contributed by atoms with E-state index in [0.717, 1.165) is 0 Å². The van der Waals surface area contributed by atoms with Crippen LogP contribution in [0.4, 0.5) is 19.1 Å². The number of anilines is 1. The normalized spacial score (nSPS) is 12.0. The Labute approximate surface area is 94.5 Å². The van der Waals surface area contributed by atoms with E-state index >= 15 is 0 Å². The number of aliphatic hydroxyl groups excluding tert-OH is 1. The van der Waals surface area contributed by atoms with Gasteiger partial charge in [-0.25, -0.2) is 18.2 Å². The van der Waals surface area contributed by atoms with Crippen molar-refractivity contribution in [1.82, 2.24) is 9.97 Å². The molecule has 0 spiro atoms. The molecule has 92 valence electrons. The lowest BCUT2D eigenvalue weighted by Crippen LogP contribution is -2.31. The molecule has 0 aliphatic heterocycles. The van der Waals surface area contributed by atoms with E-state index in [1.807, 2.05) is 0 Å². The van der Waals surface area contributed by atoms with Crippen LogP contribution in [0.5, 0.6) is 0 Å². The summed E-state index contributed by atoms with van der Waals surface area (Å²) in [7, 11) is 0. The molecule has 0 aliphatic rings. The molecule has 1 aromatic heterocycles. The Hall–Kier alpha value is -1.76. The summed E-state index contributed by atoms with van der Waals surface area (Å²) in [5.41, 5.74) is 0.890. The second kappa shape index (κ2) is 4.25. The molecule has 0 atom stereocenters. The van der Waals surface area contributed by atoms with Crippen molar-refractivity contribution in [2.45, 2.75) is 5.92 Å². The fraction of sp³-hybridized carbons (Fsp3) is 0.300. The first-order valence-electron chi connectivity index (χ1n) is 4.88. The van der Waals surface area contributed by atoms with E-state index in [2.05, 4.69) is 15.3 Å². The monoisotopic (exact) mass is 245 g/mol. The molecular formula is C10H10F3N3O. The highest BCUT2D eigenvalue weighted by Gasteiger charge is 2.27. The highest BCUT2D eigenvalue weighted by molar-refractivity contribution is 5.77. The number of imidazole rings is 1. The van der Waals surface area contributed by atoms with Crippen molar-refractivity contribution in [3.8, 4) is 0 Å². The summed E-state index contributed by atoms with van der Waals surface area (Å²) >= 11 is 0. The molecule has 0 radical (unpaired) electrons. The second-order valence-electron chi connectivity index (χ2n) is 3.61. The Morgan fingerprint density at radius 3 is 2.88 bits per heavy atom. The molecule has 2 aromatic rings. The molecule has 3 N–H and O–H groups in total. The fourth-order valence-electron chi connectivity index (χ4n) is 1.33. The number of halogens is 3. The van der Waals surface area contributed by atoms with Gasteiger partial charge in [0.25, 0.3) is 5.92 Å². The highest BCUT2D eigenvalue weighted by atomic mass is 19.3. The van der Waals surface area contributed by atoms with Crippen LogP contribution in [0.25, 0.3) is 11.0 Å². The topological polar surface area (TPSA) is 60.9 Å². The number of nitrogens with one attached hydrogen (secondary N) is 2. The number of rotatable bonds is 4. The van der Waals surface area contributed by atoms with Gasteiger partial charge < -0.3 is 15.4 Å². The number of H-pyrrole nitrogens is 1. The Bertz CT molecular complexity index is 526. The van der Waals surface area contributed by atoms with Crippen molar-refractivity contribution in [3.63, 3.8) is 0 Å². The van der Waals surface area contributed by atoms with Gasteiger partial charge in [-0.1, -0.05) is 0 Å². The van der Waals surface area contributed by atoms with E-state index in [4.69, 9.17) is 5.11 Å². The van der Waals surface area contributed by atoms with Crippen LogP contribution in [0.3, 0.4) is 0 Å². The molecule has 7 heteroatoms. The molecule has 17 heavy (non-hydrogen) atoms. The zero-order valence-electron chi connectivity index (χ0n) is 8.67. The maximum atomic E-state index is 12.9. The van der Waals surface area contributed by atoms with E-state index in [0.29, 0.717) is 11.0 Å². The van der Waals surface area contributed by atoms with Gasteiger partial charge in [0, 0.05) is 0 Å². The molecule has 0 aliphatic carbocycles. The number of fused-ring (bicyclic) bond motifs is 1. The molecular weight excluding hydrogens is 235 g/mol. The average molecular weight is 245 g/mol. The summed E-state index contributed by atoms with van der Waals surface area (Å²) in [5.74, 6) is -3.54. The van der Waals surface area contributed by atoms with Gasteiger partial charge in [-0.05, 0) is 18.2 Å². The van der Waals surface area contributed by atoms with Gasteiger partial charge in [0.15, 0.2) is 0 Å². The zero-order chi connectivity index (χ0) is 12.5. The van der Waals surface area contributed by atoms with Crippen molar-refractivity contribution in [1.29, 1.82) is 0 Å². The Morgan fingerprint density at radius 1 is 1.41 bits per heavy atom. The maximum Gasteiger partial charge on any atom is 0.287 e. The van der Waals surface area contributed by atoms with E-state index in [1.165, 1.54) is 18.2 Å². The van der Waals surface area contributed by atoms with Crippen LogP contribution in [-0.4, -0.2) is 34.1 Å². The number of aromatic nitrogens is 2. The smallest absolute Gasteiger partial charge is 0.287 e. The SMILES string of the molecule is OCC(F)(F)CNc1nc2ccc(F)cc2[nH]1. The first-order valence-corrected chi connectivity index (χ1v) is 4.88. The van der Waals surface area contributed by atoms with E-state index in [9.17, 15) is 13.2 Å². The standard InChI is InChI=1S/C10H10F3N3O/c11-6-1-2-7-8(3-6)16-9(15-7)14-4-10(12,13)5-17/h1-3,17H,4-5H2,(H2,14,15,16). The minimum atomic E-state index is -3.22. The average Bonchev–Trinajstić information content (AvgIpc) is 2.68. The molecule has 0 bridgehead atoms.